The molecule has 0 bridgehead atoms. The Labute approximate surface area is 124 Å². The maximum atomic E-state index is 10.8. The first-order chi connectivity index (χ1) is 10.1. The zero-order valence-electron chi connectivity index (χ0n) is 12.3. The molecule has 0 aromatic heterocycles. The first-order valence-electron chi connectivity index (χ1n) is 7.49. The van der Waals surface area contributed by atoms with Crippen molar-refractivity contribution in [2.45, 2.75) is 31.8 Å². The van der Waals surface area contributed by atoms with E-state index in [0.29, 0.717) is 13.2 Å². The molecule has 1 N–H and O–H groups in total. The molecule has 5 nitrogen and oxygen atoms in total. The van der Waals surface area contributed by atoms with Crippen molar-refractivity contribution < 1.29 is 19.4 Å². The molecule has 2 heterocycles. The van der Waals surface area contributed by atoms with Gasteiger partial charge in [-0.2, -0.15) is 0 Å². The van der Waals surface area contributed by atoms with Crippen LogP contribution in [-0.2, 0) is 11.2 Å². The third-order valence-corrected chi connectivity index (χ3v) is 4.28. The van der Waals surface area contributed by atoms with Gasteiger partial charge in [0.1, 0.15) is 17.1 Å². The molecule has 0 aliphatic carbocycles. The van der Waals surface area contributed by atoms with Gasteiger partial charge in [-0.25, -0.2) is 0 Å². The van der Waals surface area contributed by atoms with Crippen LogP contribution < -0.4 is 9.47 Å². The number of likely N-dealkylation sites (tertiary alicyclic amines) is 1. The van der Waals surface area contributed by atoms with Gasteiger partial charge in [-0.15, -0.1) is 0 Å². The van der Waals surface area contributed by atoms with Gasteiger partial charge in [0.25, 0.3) is 0 Å². The minimum absolute atomic E-state index is 0.0942. The molecule has 1 unspecified atom stereocenters. The van der Waals surface area contributed by atoms with Crippen molar-refractivity contribution >= 4 is 5.97 Å². The predicted octanol–water partition coefficient (Wildman–Crippen LogP) is 1.94. The molecule has 2 aliphatic rings. The van der Waals surface area contributed by atoms with Gasteiger partial charge in [0, 0.05) is 25.6 Å². The fraction of sp³-hybridized carbons (Fsp3) is 0.562. The molecule has 0 amide bonds. The Kier molecular flexibility index (Phi) is 3.76. The lowest BCUT2D eigenvalue weighted by atomic mass is 9.90. The summed E-state index contributed by atoms with van der Waals surface area (Å²) in [6.45, 7) is 4.17. The smallest absolute Gasteiger partial charge is 0.317 e. The lowest BCUT2D eigenvalue weighted by Gasteiger charge is -2.35. The first-order valence-corrected chi connectivity index (χ1v) is 7.49. The number of aliphatic carboxylic acids is 1. The van der Waals surface area contributed by atoms with Crippen molar-refractivity contribution in [3.63, 3.8) is 0 Å². The molecule has 1 fully saturated rings. The Morgan fingerprint density at radius 2 is 2.33 bits per heavy atom. The number of carboxylic acids is 1. The van der Waals surface area contributed by atoms with Gasteiger partial charge in [0.05, 0.1) is 13.2 Å². The van der Waals surface area contributed by atoms with Gasteiger partial charge in [0.2, 0.25) is 0 Å². The van der Waals surface area contributed by atoms with E-state index in [1.54, 1.807) is 0 Å². The molecule has 2 aliphatic heterocycles. The highest BCUT2D eigenvalue weighted by atomic mass is 16.5. The average molecular weight is 291 g/mol. The SMILES string of the molecule is CCOc1ccc2c(c1)OC1(CC2)CCN(CC(=O)O)C1. The van der Waals surface area contributed by atoms with Crippen LogP contribution >= 0.6 is 0 Å². The van der Waals surface area contributed by atoms with E-state index < -0.39 is 5.97 Å². The Morgan fingerprint density at radius 1 is 1.48 bits per heavy atom. The van der Waals surface area contributed by atoms with Crippen LogP contribution in [0.4, 0.5) is 0 Å². The number of nitrogens with zero attached hydrogens (tertiary/aromatic N) is 1. The second kappa shape index (κ2) is 5.56. The van der Waals surface area contributed by atoms with E-state index in [1.165, 1.54) is 5.56 Å². The number of hydrogen-bond acceptors (Lipinski definition) is 4. The lowest BCUT2D eigenvalue weighted by molar-refractivity contribution is -0.138. The van der Waals surface area contributed by atoms with Gasteiger partial charge >= 0.3 is 5.97 Å². The Hall–Kier alpha value is -1.75. The molecule has 1 aromatic rings. The predicted molar refractivity (Wildman–Crippen MR) is 78.0 cm³/mol. The number of carboxylic acid groups (broad SMARTS) is 1. The topological polar surface area (TPSA) is 59.0 Å². The maximum Gasteiger partial charge on any atom is 0.317 e. The molecule has 1 aromatic carbocycles. The van der Waals surface area contributed by atoms with E-state index in [1.807, 2.05) is 24.0 Å². The van der Waals surface area contributed by atoms with E-state index in [-0.39, 0.29) is 12.1 Å². The van der Waals surface area contributed by atoms with Crippen LogP contribution in [-0.4, -0.2) is 47.8 Å². The Bertz CT molecular complexity index is 545. The number of ether oxygens (including phenoxy) is 2. The number of benzene rings is 1. The largest absolute Gasteiger partial charge is 0.494 e. The molecular formula is C16H21NO4. The summed E-state index contributed by atoms with van der Waals surface area (Å²) in [5.41, 5.74) is 0.980. The van der Waals surface area contributed by atoms with Crippen LogP contribution in [0.25, 0.3) is 0 Å². The highest BCUT2D eigenvalue weighted by molar-refractivity contribution is 5.69. The highest BCUT2D eigenvalue weighted by Crippen LogP contribution is 2.40. The summed E-state index contributed by atoms with van der Waals surface area (Å²) in [6, 6.07) is 6.01. The molecule has 1 spiro atoms. The van der Waals surface area contributed by atoms with Crippen molar-refractivity contribution in [1.29, 1.82) is 0 Å². The van der Waals surface area contributed by atoms with E-state index in [9.17, 15) is 4.79 Å². The van der Waals surface area contributed by atoms with Crippen LogP contribution in [0, 0.1) is 0 Å². The van der Waals surface area contributed by atoms with Gasteiger partial charge < -0.3 is 14.6 Å². The zero-order valence-corrected chi connectivity index (χ0v) is 12.3. The quantitative estimate of drug-likeness (QED) is 0.918. The molecule has 114 valence electrons. The fourth-order valence-corrected chi connectivity index (χ4v) is 3.28. The number of fused-ring (bicyclic) bond motifs is 1. The average Bonchev–Trinajstić information content (AvgIpc) is 2.80. The van der Waals surface area contributed by atoms with Gasteiger partial charge in [-0.05, 0) is 31.4 Å². The summed E-state index contributed by atoms with van der Waals surface area (Å²) < 4.78 is 11.8. The van der Waals surface area contributed by atoms with E-state index in [2.05, 4.69) is 6.07 Å². The Balaban J connectivity index is 1.74. The second-order valence-electron chi connectivity index (χ2n) is 5.84. The van der Waals surface area contributed by atoms with Gasteiger partial charge in [0.15, 0.2) is 0 Å². The monoisotopic (exact) mass is 291 g/mol. The van der Waals surface area contributed by atoms with Crippen molar-refractivity contribution in [1.82, 2.24) is 4.90 Å². The molecule has 1 saturated heterocycles. The number of aryl methyl sites for hydroxylation is 1. The summed E-state index contributed by atoms with van der Waals surface area (Å²) in [7, 11) is 0. The number of rotatable bonds is 4. The third-order valence-electron chi connectivity index (χ3n) is 4.28. The molecule has 1 atom stereocenters. The zero-order chi connectivity index (χ0) is 14.9. The maximum absolute atomic E-state index is 10.8. The fourth-order valence-electron chi connectivity index (χ4n) is 3.28. The molecule has 3 rings (SSSR count). The lowest BCUT2D eigenvalue weighted by Crippen LogP contribution is -2.43. The summed E-state index contributed by atoms with van der Waals surface area (Å²) in [6.07, 6.45) is 2.81. The van der Waals surface area contributed by atoms with Gasteiger partial charge in [-0.1, -0.05) is 6.07 Å². The third kappa shape index (κ3) is 2.97. The van der Waals surface area contributed by atoms with Crippen LogP contribution in [0.2, 0.25) is 0 Å². The minimum atomic E-state index is -0.776. The summed E-state index contributed by atoms with van der Waals surface area (Å²) in [5.74, 6) is 0.944. The van der Waals surface area contributed by atoms with E-state index >= 15 is 0 Å². The van der Waals surface area contributed by atoms with Crippen LogP contribution in [0.15, 0.2) is 18.2 Å². The van der Waals surface area contributed by atoms with Crippen molar-refractivity contribution in [3.8, 4) is 11.5 Å². The van der Waals surface area contributed by atoms with E-state index in [4.69, 9.17) is 14.6 Å². The highest BCUT2D eigenvalue weighted by Gasteiger charge is 2.43. The standard InChI is InChI=1S/C16H21NO4/c1-2-20-13-4-3-12-5-6-16(21-14(12)9-13)7-8-17(11-16)10-15(18)19/h3-4,9H,2,5-8,10-11H2,1H3,(H,18,19). The van der Waals surface area contributed by atoms with Crippen molar-refractivity contribution in [2.24, 2.45) is 0 Å². The van der Waals surface area contributed by atoms with Crippen LogP contribution in [0.1, 0.15) is 25.3 Å². The molecule has 0 radical (unpaired) electrons. The summed E-state index contributed by atoms with van der Waals surface area (Å²) in [4.78, 5) is 12.8. The van der Waals surface area contributed by atoms with Crippen molar-refractivity contribution in [2.75, 3.05) is 26.2 Å². The van der Waals surface area contributed by atoms with Gasteiger partial charge in [-0.3, -0.25) is 9.69 Å². The second-order valence-corrected chi connectivity index (χ2v) is 5.84. The number of hydrogen-bond donors (Lipinski definition) is 1. The van der Waals surface area contributed by atoms with Crippen LogP contribution in [0.3, 0.4) is 0 Å². The molecular weight excluding hydrogens is 270 g/mol. The molecule has 0 saturated carbocycles. The Morgan fingerprint density at radius 3 is 3.10 bits per heavy atom. The van der Waals surface area contributed by atoms with Crippen molar-refractivity contribution in [3.05, 3.63) is 23.8 Å². The normalized spacial score (nSPS) is 24.6. The minimum Gasteiger partial charge on any atom is -0.494 e. The molecule has 21 heavy (non-hydrogen) atoms. The summed E-state index contributed by atoms with van der Waals surface area (Å²) in [5, 5.41) is 8.91. The summed E-state index contributed by atoms with van der Waals surface area (Å²) >= 11 is 0. The number of carbonyl (C=O) groups is 1. The van der Waals surface area contributed by atoms with E-state index in [0.717, 1.165) is 37.3 Å². The first kappa shape index (κ1) is 14.2. The van der Waals surface area contributed by atoms with Crippen LogP contribution in [0.5, 0.6) is 11.5 Å². The molecule has 5 heteroatoms.